The lowest BCUT2D eigenvalue weighted by atomic mass is 9.99. The molecular formula is C21H23NO6. The summed E-state index contributed by atoms with van der Waals surface area (Å²) < 4.78 is 32.9. The molecule has 0 amide bonds. The quantitative estimate of drug-likeness (QED) is 0.567. The molecule has 7 heteroatoms. The lowest BCUT2D eigenvalue weighted by molar-refractivity contribution is 0.306. The number of rotatable bonds is 8. The second kappa shape index (κ2) is 8.56. The summed E-state index contributed by atoms with van der Waals surface area (Å²) in [7, 11) is 6.22. The molecule has 0 aliphatic carbocycles. The van der Waals surface area contributed by atoms with Crippen molar-refractivity contribution in [3.05, 3.63) is 36.6 Å². The zero-order chi connectivity index (χ0) is 20.1. The Morgan fingerprint density at radius 1 is 0.821 bits per heavy atom. The van der Waals surface area contributed by atoms with Crippen molar-refractivity contribution in [1.29, 1.82) is 0 Å². The molecule has 0 N–H and O–H groups in total. The topological polar surface area (TPSA) is 72.2 Å². The largest absolute Gasteiger partial charge is 0.494 e. The number of aromatic nitrogens is 1. The van der Waals surface area contributed by atoms with Gasteiger partial charge in [-0.15, -0.1) is 0 Å². The van der Waals surface area contributed by atoms with E-state index in [4.69, 9.17) is 28.2 Å². The van der Waals surface area contributed by atoms with E-state index in [0.717, 1.165) is 16.9 Å². The van der Waals surface area contributed by atoms with Gasteiger partial charge in [0.2, 0.25) is 11.5 Å². The van der Waals surface area contributed by atoms with Crippen LogP contribution in [0.1, 0.15) is 6.92 Å². The van der Waals surface area contributed by atoms with Crippen LogP contribution in [0.4, 0.5) is 0 Å². The van der Waals surface area contributed by atoms with Crippen molar-refractivity contribution in [1.82, 2.24) is 5.16 Å². The summed E-state index contributed by atoms with van der Waals surface area (Å²) in [6.45, 7) is 2.55. The smallest absolute Gasteiger partial charge is 0.207 e. The van der Waals surface area contributed by atoms with E-state index in [1.165, 1.54) is 0 Å². The molecule has 0 saturated carbocycles. The molecule has 1 heterocycles. The molecule has 148 valence electrons. The normalized spacial score (nSPS) is 10.5. The summed E-state index contributed by atoms with van der Waals surface area (Å²) in [6.07, 6.45) is 1.56. The van der Waals surface area contributed by atoms with Crippen molar-refractivity contribution in [2.75, 3.05) is 35.0 Å². The third kappa shape index (κ3) is 3.43. The number of benzene rings is 2. The summed E-state index contributed by atoms with van der Waals surface area (Å²) >= 11 is 0. The Kier molecular flexibility index (Phi) is 5.93. The van der Waals surface area contributed by atoms with Gasteiger partial charge in [0.25, 0.3) is 0 Å². The lowest BCUT2D eigenvalue weighted by Crippen LogP contribution is -2.00. The second-order valence-corrected chi connectivity index (χ2v) is 5.76. The van der Waals surface area contributed by atoms with E-state index in [-0.39, 0.29) is 0 Å². The minimum absolute atomic E-state index is 0.429. The summed E-state index contributed by atoms with van der Waals surface area (Å²) in [6, 6.07) is 9.45. The predicted molar refractivity (Wildman–Crippen MR) is 105 cm³/mol. The van der Waals surface area contributed by atoms with Gasteiger partial charge in [-0.2, -0.15) is 0 Å². The monoisotopic (exact) mass is 385 g/mol. The van der Waals surface area contributed by atoms with Crippen molar-refractivity contribution in [3.8, 4) is 51.1 Å². The van der Waals surface area contributed by atoms with Crippen LogP contribution >= 0.6 is 0 Å². The SMILES string of the molecule is CCOc1ccc(-c2nocc2-c2cc(OC)c(OC)c(OC)c2OC)cc1. The Hall–Kier alpha value is -3.35. The maximum Gasteiger partial charge on any atom is 0.207 e. The Morgan fingerprint density at radius 2 is 1.50 bits per heavy atom. The zero-order valence-corrected chi connectivity index (χ0v) is 16.6. The number of nitrogens with zero attached hydrogens (tertiary/aromatic N) is 1. The Morgan fingerprint density at radius 3 is 2.07 bits per heavy atom. The summed E-state index contributed by atoms with van der Waals surface area (Å²) in [5, 5.41) is 4.18. The van der Waals surface area contributed by atoms with Gasteiger partial charge >= 0.3 is 0 Å². The molecule has 0 unspecified atom stereocenters. The average molecular weight is 385 g/mol. The third-order valence-electron chi connectivity index (χ3n) is 4.29. The molecule has 7 nitrogen and oxygen atoms in total. The van der Waals surface area contributed by atoms with Crippen LogP contribution in [0, 0.1) is 0 Å². The van der Waals surface area contributed by atoms with Crippen LogP contribution < -0.4 is 23.7 Å². The van der Waals surface area contributed by atoms with E-state index in [1.807, 2.05) is 37.3 Å². The molecule has 3 aromatic rings. The van der Waals surface area contributed by atoms with Gasteiger partial charge in [-0.3, -0.25) is 0 Å². The Bertz CT molecular complexity index is 933. The second-order valence-electron chi connectivity index (χ2n) is 5.76. The van der Waals surface area contributed by atoms with Crippen molar-refractivity contribution in [2.45, 2.75) is 6.92 Å². The van der Waals surface area contributed by atoms with Gasteiger partial charge in [0.15, 0.2) is 11.5 Å². The van der Waals surface area contributed by atoms with Crippen LogP contribution in [0.15, 0.2) is 41.1 Å². The van der Waals surface area contributed by atoms with Gasteiger partial charge in [-0.25, -0.2) is 0 Å². The first-order chi connectivity index (χ1) is 13.7. The van der Waals surface area contributed by atoms with Crippen LogP contribution in [0.3, 0.4) is 0 Å². The predicted octanol–water partition coefficient (Wildman–Crippen LogP) is 4.44. The van der Waals surface area contributed by atoms with Crippen LogP contribution in [0.25, 0.3) is 22.4 Å². The van der Waals surface area contributed by atoms with Gasteiger partial charge in [-0.05, 0) is 37.3 Å². The first kappa shape index (κ1) is 19.4. The number of hydrogen-bond donors (Lipinski definition) is 0. The van der Waals surface area contributed by atoms with Crippen LogP contribution in [0.2, 0.25) is 0 Å². The van der Waals surface area contributed by atoms with Crippen molar-refractivity contribution >= 4 is 0 Å². The summed E-state index contributed by atoms with van der Waals surface area (Å²) in [5.41, 5.74) is 2.99. The molecule has 0 saturated heterocycles. The molecule has 0 spiro atoms. The number of ether oxygens (including phenoxy) is 5. The molecule has 0 aliphatic rings. The summed E-state index contributed by atoms with van der Waals surface area (Å²) in [5.74, 6) is 2.68. The third-order valence-corrected chi connectivity index (χ3v) is 4.29. The standard InChI is InChI=1S/C21H23NO6/c1-6-27-14-9-7-13(8-10-14)18-16(12-28-22-18)15-11-17(23-2)20(25-4)21(26-5)19(15)24-3/h7-12H,6H2,1-5H3. The van der Waals surface area contributed by atoms with Crippen LogP contribution in [0.5, 0.6) is 28.7 Å². The maximum absolute atomic E-state index is 5.63. The summed E-state index contributed by atoms with van der Waals surface area (Å²) in [4.78, 5) is 0. The highest BCUT2D eigenvalue weighted by Crippen LogP contribution is 2.51. The fourth-order valence-electron chi connectivity index (χ4n) is 3.04. The van der Waals surface area contributed by atoms with E-state index in [2.05, 4.69) is 5.16 Å². The highest BCUT2D eigenvalue weighted by Gasteiger charge is 2.25. The van der Waals surface area contributed by atoms with Gasteiger partial charge in [-0.1, -0.05) is 5.16 Å². The molecule has 28 heavy (non-hydrogen) atoms. The molecule has 2 aromatic carbocycles. The number of methoxy groups -OCH3 is 4. The number of hydrogen-bond acceptors (Lipinski definition) is 7. The van der Waals surface area contributed by atoms with Crippen molar-refractivity contribution in [3.63, 3.8) is 0 Å². The first-order valence-corrected chi connectivity index (χ1v) is 8.73. The molecule has 0 bridgehead atoms. The molecule has 1 aromatic heterocycles. The van der Waals surface area contributed by atoms with E-state index in [1.54, 1.807) is 34.7 Å². The molecule has 0 radical (unpaired) electrons. The Balaban J connectivity index is 2.16. The minimum atomic E-state index is 0.429. The molecule has 3 rings (SSSR count). The van der Waals surface area contributed by atoms with E-state index >= 15 is 0 Å². The maximum atomic E-state index is 5.63. The lowest BCUT2D eigenvalue weighted by Gasteiger charge is -2.18. The van der Waals surface area contributed by atoms with Gasteiger partial charge in [0.1, 0.15) is 17.7 Å². The van der Waals surface area contributed by atoms with Gasteiger partial charge < -0.3 is 28.2 Å². The van der Waals surface area contributed by atoms with E-state index < -0.39 is 0 Å². The fourth-order valence-corrected chi connectivity index (χ4v) is 3.04. The molecule has 0 atom stereocenters. The highest BCUT2D eigenvalue weighted by atomic mass is 16.5. The van der Waals surface area contributed by atoms with E-state index in [9.17, 15) is 0 Å². The molecule has 0 fully saturated rings. The van der Waals surface area contributed by atoms with Crippen LogP contribution in [-0.2, 0) is 0 Å². The van der Waals surface area contributed by atoms with Crippen molar-refractivity contribution < 1.29 is 28.2 Å². The Labute approximate surface area is 163 Å². The van der Waals surface area contributed by atoms with E-state index in [0.29, 0.717) is 40.9 Å². The molecule has 0 aliphatic heterocycles. The zero-order valence-electron chi connectivity index (χ0n) is 16.6. The van der Waals surface area contributed by atoms with Gasteiger partial charge in [0, 0.05) is 11.1 Å². The van der Waals surface area contributed by atoms with Crippen molar-refractivity contribution in [2.24, 2.45) is 0 Å². The fraction of sp³-hybridized carbons (Fsp3) is 0.286. The van der Waals surface area contributed by atoms with Crippen LogP contribution in [-0.4, -0.2) is 40.2 Å². The van der Waals surface area contributed by atoms with Gasteiger partial charge in [0.05, 0.1) is 40.6 Å². The first-order valence-electron chi connectivity index (χ1n) is 8.73. The average Bonchev–Trinajstić information content (AvgIpc) is 3.22. The molecular weight excluding hydrogens is 362 g/mol. The highest BCUT2D eigenvalue weighted by molar-refractivity contribution is 5.87. The minimum Gasteiger partial charge on any atom is -0.494 e.